The van der Waals surface area contributed by atoms with Crippen LogP contribution in [0.2, 0.25) is 10.0 Å². The molecular weight excluding hydrogens is 369 g/mol. The summed E-state index contributed by atoms with van der Waals surface area (Å²) in [6.45, 7) is -0.0812. The summed E-state index contributed by atoms with van der Waals surface area (Å²) < 4.78 is 5.53. The van der Waals surface area contributed by atoms with Crippen molar-refractivity contribution in [2.45, 2.75) is 0 Å². The molecule has 3 rings (SSSR count). The number of carbonyl (C=O) groups is 2. The van der Waals surface area contributed by atoms with Crippen molar-refractivity contribution in [1.29, 1.82) is 0 Å². The lowest BCUT2D eigenvalue weighted by atomic mass is 10.2. The highest BCUT2D eigenvalue weighted by molar-refractivity contribution is 7.12. The van der Waals surface area contributed by atoms with Crippen LogP contribution >= 0.6 is 34.5 Å². The van der Waals surface area contributed by atoms with Crippen LogP contribution in [0.1, 0.15) is 20.2 Å². The Morgan fingerprint density at radius 1 is 1.08 bits per heavy atom. The molecule has 0 aliphatic heterocycles. The summed E-state index contributed by atoms with van der Waals surface area (Å²) >= 11 is 13.2. The minimum Gasteiger partial charge on any atom is -0.451 e. The van der Waals surface area contributed by atoms with Gasteiger partial charge in [-0.05, 0) is 41.8 Å². The first-order chi connectivity index (χ1) is 11.5. The fraction of sp³-hybridized carbons (Fsp3) is 0.0588. The number of rotatable bonds is 5. The van der Waals surface area contributed by atoms with Gasteiger partial charge in [-0.2, -0.15) is 0 Å². The van der Waals surface area contributed by atoms with Crippen molar-refractivity contribution in [2.24, 2.45) is 0 Å². The number of hydrogen-bond acceptors (Lipinski definition) is 4. The van der Waals surface area contributed by atoms with E-state index in [0.717, 1.165) is 0 Å². The zero-order chi connectivity index (χ0) is 17.1. The Morgan fingerprint density at radius 2 is 1.92 bits per heavy atom. The van der Waals surface area contributed by atoms with Gasteiger partial charge in [0.05, 0.1) is 21.5 Å². The standard InChI is InChI=1S/C17H11Cl2NO3S/c18-11-4-3-10(8-12(11)19)14-5-6-15(23-14)17(22)20-9-13(21)16-2-1-7-24-16/h1-8H,9H2,(H,20,22). The molecule has 0 fully saturated rings. The third kappa shape index (κ3) is 3.70. The molecule has 0 spiro atoms. The van der Waals surface area contributed by atoms with E-state index in [9.17, 15) is 9.59 Å². The number of ketones is 1. The third-order valence-corrected chi connectivity index (χ3v) is 4.89. The summed E-state index contributed by atoms with van der Waals surface area (Å²) in [5, 5.41) is 5.20. The smallest absolute Gasteiger partial charge is 0.287 e. The molecule has 4 nitrogen and oxygen atoms in total. The fourth-order valence-corrected chi connectivity index (χ4v) is 3.00. The molecule has 2 aromatic heterocycles. The van der Waals surface area contributed by atoms with E-state index in [1.54, 1.807) is 42.5 Å². The average molecular weight is 380 g/mol. The van der Waals surface area contributed by atoms with Crippen LogP contribution in [0.5, 0.6) is 0 Å². The molecule has 24 heavy (non-hydrogen) atoms. The van der Waals surface area contributed by atoms with Gasteiger partial charge in [0.1, 0.15) is 5.76 Å². The lowest BCUT2D eigenvalue weighted by Crippen LogP contribution is -2.28. The maximum absolute atomic E-state index is 12.1. The topological polar surface area (TPSA) is 59.3 Å². The Kier molecular flexibility index (Phi) is 5.04. The molecule has 0 aliphatic rings. The molecule has 0 bridgehead atoms. The Morgan fingerprint density at radius 3 is 2.62 bits per heavy atom. The first-order valence-electron chi connectivity index (χ1n) is 6.95. The zero-order valence-corrected chi connectivity index (χ0v) is 14.5. The molecule has 0 atom stereocenters. The molecule has 1 aromatic carbocycles. The van der Waals surface area contributed by atoms with Crippen molar-refractivity contribution < 1.29 is 14.0 Å². The fourth-order valence-electron chi connectivity index (χ4n) is 2.04. The van der Waals surface area contributed by atoms with Gasteiger partial charge in [-0.15, -0.1) is 11.3 Å². The van der Waals surface area contributed by atoms with Crippen molar-refractivity contribution in [3.8, 4) is 11.3 Å². The van der Waals surface area contributed by atoms with E-state index in [-0.39, 0.29) is 18.1 Å². The molecular formula is C17H11Cl2NO3S. The number of thiophene rings is 1. The second-order valence-corrected chi connectivity index (χ2v) is 6.64. The maximum Gasteiger partial charge on any atom is 0.287 e. The first kappa shape index (κ1) is 16.8. The summed E-state index contributed by atoms with van der Waals surface area (Å²) in [6, 6.07) is 11.8. The highest BCUT2D eigenvalue weighted by atomic mass is 35.5. The van der Waals surface area contributed by atoms with Crippen LogP contribution in [0.3, 0.4) is 0 Å². The molecule has 0 radical (unpaired) electrons. The van der Waals surface area contributed by atoms with Crippen molar-refractivity contribution >= 4 is 46.2 Å². The second-order valence-electron chi connectivity index (χ2n) is 4.88. The number of amides is 1. The molecule has 3 aromatic rings. The number of nitrogens with one attached hydrogen (secondary N) is 1. The number of halogens is 2. The number of furan rings is 1. The summed E-state index contributed by atoms with van der Waals surface area (Å²) in [5.74, 6) is 0.0131. The third-order valence-electron chi connectivity index (χ3n) is 3.24. The van der Waals surface area contributed by atoms with Gasteiger partial charge >= 0.3 is 0 Å². The van der Waals surface area contributed by atoms with Crippen molar-refractivity contribution in [2.75, 3.05) is 6.54 Å². The number of Topliss-reactive ketones (excluding diaryl/α,β-unsaturated/α-hetero) is 1. The van der Waals surface area contributed by atoms with Crippen LogP contribution in [0.15, 0.2) is 52.3 Å². The molecule has 0 aliphatic carbocycles. The predicted molar refractivity (Wildman–Crippen MR) is 95.1 cm³/mol. The van der Waals surface area contributed by atoms with Gasteiger partial charge in [0.25, 0.3) is 5.91 Å². The summed E-state index contributed by atoms with van der Waals surface area (Å²) in [5.41, 5.74) is 0.707. The summed E-state index contributed by atoms with van der Waals surface area (Å²) in [4.78, 5) is 24.6. The van der Waals surface area contributed by atoms with Gasteiger partial charge in [0.2, 0.25) is 0 Å². The minimum atomic E-state index is -0.453. The predicted octanol–water partition coefficient (Wildman–Crippen LogP) is 4.93. The monoisotopic (exact) mass is 379 g/mol. The van der Waals surface area contributed by atoms with E-state index < -0.39 is 5.91 Å². The van der Waals surface area contributed by atoms with Crippen LogP contribution in [-0.2, 0) is 0 Å². The van der Waals surface area contributed by atoms with E-state index >= 15 is 0 Å². The molecule has 122 valence electrons. The van der Waals surface area contributed by atoms with Gasteiger partial charge in [0, 0.05) is 5.56 Å². The normalized spacial score (nSPS) is 10.6. The van der Waals surface area contributed by atoms with E-state index in [1.165, 1.54) is 11.3 Å². The van der Waals surface area contributed by atoms with E-state index in [0.29, 0.717) is 26.2 Å². The Balaban J connectivity index is 1.67. The Labute approximate surface area is 152 Å². The molecule has 7 heteroatoms. The highest BCUT2D eigenvalue weighted by Gasteiger charge is 2.15. The zero-order valence-electron chi connectivity index (χ0n) is 12.2. The SMILES string of the molecule is O=C(NCC(=O)c1cccs1)c1ccc(-c2ccc(Cl)c(Cl)c2)o1. The van der Waals surface area contributed by atoms with Gasteiger partial charge in [-0.25, -0.2) is 0 Å². The van der Waals surface area contributed by atoms with Crippen LogP contribution in [-0.4, -0.2) is 18.2 Å². The lowest BCUT2D eigenvalue weighted by Gasteiger charge is -2.02. The summed E-state index contributed by atoms with van der Waals surface area (Å²) in [6.07, 6.45) is 0. The molecule has 1 N–H and O–H groups in total. The van der Waals surface area contributed by atoms with Crippen LogP contribution in [0.4, 0.5) is 0 Å². The van der Waals surface area contributed by atoms with Gasteiger partial charge < -0.3 is 9.73 Å². The first-order valence-corrected chi connectivity index (χ1v) is 8.58. The lowest BCUT2D eigenvalue weighted by molar-refractivity contribution is 0.0887. The molecule has 1 amide bonds. The van der Waals surface area contributed by atoms with Crippen molar-refractivity contribution in [1.82, 2.24) is 5.32 Å². The van der Waals surface area contributed by atoms with Gasteiger partial charge in [0.15, 0.2) is 11.5 Å². The second kappa shape index (κ2) is 7.21. The van der Waals surface area contributed by atoms with E-state index in [1.807, 2.05) is 5.38 Å². The van der Waals surface area contributed by atoms with E-state index in [4.69, 9.17) is 27.6 Å². The van der Waals surface area contributed by atoms with Crippen LogP contribution < -0.4 is 5.32 Å². The van der Waals surface area contributed by atoms with Crippen LogP contribution in [0, 0.1) is 0 Å². The average Bonchev–Trinajstić information content (AvgIpc) is 3.26. The number of carbonyl (C=O) groups excluding carboxylic acids is 2. The minimum absolute atomic E-state index is 0.0812. The van der Waals surface area contributed by atoms with E-state index in [2.05, 4.69) is 5.32 Å². The molecule has 0 unspecified atom stereocenters. The summed E-state index contributed by atoms with van der Waals surface area (Å²) in [7, 11) is 0. The Hall–Kier alpha value is -2.08. The molecule has 2 heterocycles. The highest BCUT2D eigenvalue weighted by Crippen LogP contribution is 2.29. The molecule has 0 saturated carbocycles. The van der Waals surface area contributed by atoms with Gasteiger partial charge in [-0.1, -0.05) is 29.3 Å². The van der Waals surface area contributed by atoms with Crippen molar-refractivity contribution in [3.05, 3.63) is 68.5 Å². The number of hydrogen-bond donors (Lipinski definition) is 1. The largest absolute Gasteiger partial charge is 0.451 e. The van der Waals surface area contributed by atoms with Crippen molar-refractivity contribution in [3.63, 3.8) is 0 Å². The van der Waals surface area contributed by atoms with Gasteiger partial charge in [-0.3, -0.25) is 9.59 Å². The maximum atomic E-state index is 12.1. The number of benzene rings is 1. The Bertz CT molecular complexity index is 887. The molecule has 0 saturated heterocycles. The quantitative estimate of drug-likeness (QED) is 0.639. The van der Waals surface area contributed by atoms with Crippen LogP contribution in [0.25, 0.3) is 11.3 Å².